The fraction of sp³-hybridized carbons (Fsp3) is 0.600. The van der Waals surface area contributed by atoms with Gasteiger partial charge in [-0.15, -0.1) is 0 Å². The molecule has 0 radical (unpaired) electrons. The summed E-state index contributed by atoms with van der Waals surface area (Å²) in [6, 6.07) is 6.72. The molecule has 1 aliphatic heterocycles. The fourth-order valence-electron chi connectivity index (χ4n) is 2.50. The van der Waals surface area contributed by atoms with E-state index in [-0.39, 0.29) is 0 Å². The predicted octanol–water partition coefficient (Wildman–Crippen LogP) is 1.75. The van der Waals surface area contributed by atoms with Gasteiger partial charge in [-0.1, -0.05) is 0 Å². The molecule has 19 heavy (non-hydrogen) atoms. The molecule has 2 rings (SSSR count). The van der Waals surface area contributed by atoms with Crippen molar-refractivity contribution < 1.29 is 9.47 Å². The molecule has 1 aromatic rings. The molecular formula is C15H25N2O2+. The molecule has 0 aromatic heterocycles. The number of hydrogen-bond acceptors (Lipinski definition) is 3. The van der Waals surface area contributed by atoms with Crippen molar-refractivity contribution in [2.24, 2.45) is 0 Å². The zero-order valence-electron chi connectivity index (χ0n) is 12.1. The van der Waals surface area contributed by atoms with Gasteiger partial charge in [0, 0.05) is 12.6 Å². The number of nitrogens with zero attached hydrogens (tertiary/aromatic N) is 1. The molecule has 2 N–H and O–H groups in total. The summed E-state index contributed by atoms with van der Waals surface area (Å²) in [6.07, 6.45) is 2.45. The molecule has 1 fully saturated rings. The number of aliphatic hydroxyl groups is 1. The largest absolute Gasteiger partial charge is 0.584 e. The summed E-state index contributed by atoms with van der Waals surface area (Å²) in [5.74, 6) is 1.88. The highest BCUT2D eigenvalue weighted by molar-refractivity contribution is 5.40. The number of aromatic hydroxyl groups is 1. The van der Waals surface area contributed by atoms with E-state index in [0.717, 1.165) is 18.0 Å². The maximum absolute atomic E-state index is 5.23. The van der Waals surface area contributed by atoms with Gasteiger partial charge in [0.15, 0.2) is 7.11 Å². The molecule has 106 valence electrons. The first kappa shape index (κ1) is 14.2. The van der Waals surface area contributed by atoms with Gasteiger partial charge in [-0.05, 0) is 45.1 Å². The molecule has 0 unspecified atom stereocenters. The van der Waals surface area contributed by atoms with Crippen LogP contribution in [0.4, 0.5) is 0 Å². The van der Waals surface area contributed by atoms with Crippen LogP contribution >= 0.6 is 0 Å². The Morgan fingerprint density at radius 3 is 2.74 bits per heavy atom. The van der Waals surface area contributed by atoms with Gasteiger partial charge < -0.3 is 19.7 Å². The minimum absolute atomic E-state index is 0.628. The molecule has 4 nitrogen and oxygen atoms in total. The van der Waals surface area contributed by atoms with Crippen molar-refractivity contribution >= 4 is 0 Å². The van der Waals surface area contributed by atoms with Crippen LogP contribution in [-0.4, -0.2) is 50.0 Å². The number of nitrogens with one attached hydrogen (secondary N) is 1. The molecule has 0 spiro atoms. The van der Waals surface area contributed by atoms with Gasteiger partial charge in [0.25, 0.3) is 5.75 Å². The van der Waals surface area contributed by atoms with Crippen molar-refractivity contribution in [2.75, 3.05) is 34.4 Å². The Balaban J connectivity index is 1.91. The average molecular weight is 265 g/mol. The maximum atomic E-state index is 5.23. The van der Waals surface area contributed by atoms with E-state index < -0.39 is 0 Å². The van der Waals surface area contributed by atoms with Crippen molar-refractivity contribution in [1.29, 1.82) is 0 Å². The topological polar surface area (TPSA) is 37.3 Å². The Morgan fingerprint density at radius 1 is 1.37 bits per heavy atom. The summed E-state index contributed by atoms with van der Waals surface area (Å²) in [6.45, 7) is 3.25. The Labute approximate surface area is 115 Å². The third kappa shape index (κ3) is 3.85. The zero-order chi connectivity index (χ0) is 13.7. The summed E-state index contributed by atoms with van der Waals surface area (Å²) >= 11 is 0. The van der Waals surface area contributed by atoms with E-state index in [9.17, 15) is 0 Å². The van der Waals surface area contributed by atoms with Crippen LogP contribution in [0.1, 0.15) is 18.4 Å². The summed E-state index contributed by atoms with van der Waals surface area (Å²) < 4.78 is 9.56. The highest BCUT2D eigenvalue weighted by atomic mass is 16.5. The second kappa shape index (κ2) is 6.78. The highest BCUT2D eigenvalue weighted by Gasteiger charge is 2.17. The number of rotatable bonds is 5. The number of ether oxygens (including phenoxy) is 2. The van der Waals surface area contributed by atoms with E-state index in [4.69, 9.17) is 4.74 Å². The first-order valence-corrected chi connectivity index (χ1v) is 6.91. The van der Waals surface area contributed by atoms with Crippen molar-refractivity contribution in [1.82, 2.24) is 10.2 Å². The quantitative estimate of drug-likeness (QED) is 0.824. The minimum Gasteiger partial charge on any atom is -0.584 e. The second-order valence-electron chi connectivity index (χ2n) is 5.18. The van der Waals surface area contributed by atoms with Gasteiger partial charge in [0.2, 0.25) is 0 Å². The van der Waals surface area contributed by atoms with E-state index >= 15 is 0 Å². The molecule has 0 bridgehead atoms. The SMILES string of the molecule is COc1ccc(CNC2CCN(C)CC2)c([OH+]C)c1. The van der Waals surface area contributed by atoms with Crippen LogP contribution in [0.3, 0.4) is 0 Å². The molecule has 0 atom stereocenters. The van der Waals surface area contributed by atoms with Crippen molar-refractivity contribution in [3.05, 3.63) is 23.8 Å². The molecule has 1 heterocycles. The monoisotopic (exact) mass is 265 g/mol. The molecule has 0 amide bonds. The van der Waals surface area contributed by atoms with Crippen LogP contribution < -0.4 is 10.1 Å². The summed E-state index contributed by atoms with van der Waals surface area (Å²) in [5.41, 5.74) is 1.24. The fourth-order valence-corrected chi connectivity index (χ4v) is 2.50. The average Bonchev–Trinajstić information content (AvgIpc) is 2.46. The normalized spacial score (nSPS) is 17.4. The Morgan fingerprint density at radius 2 is 2.11 bits per heavy atom. The standard InChI is InChI=1S/C15H24N2O2/c1-17-8-6-13(7-9-17)16-11-12-4-5-14(18-2)10-15(12)19-3/h4-5,10,13,16H,6-9,11H2,1-3H3/p+1. The number of methoxy groups -OCH3 is 1. The van der Waals surface area contributed by atoms with E-state index in [1.807, 2.05) is 19.2 Å². The van der Waals surface area contributed by atoms with Crippen LogP contribution in [0.15, 0.2) is 18.2 Å². The van der Waals surface area contributed by atoms with Gasteiger partial charge in [-0.3, -0.25) is 0 Å². The molecule has 1 aliphatic rings. The van der Waals surface area contributed by atoms with Gasteiger partial charge in [-0.2, -0.15) is 0 Å². The lowest BCUT2D eigenvalue weighted by Crippen LogP contribution is -2.40. The van der Waals surface area contributed by atoms with E-state index in [1.165, 1.54) is 31.5 Å². The van der Waals surface area contributed by atoms with Crippen LogP contribution in [0.25, 0.3) is 0 Å². The number of benzene rings is 1. The highest BCUT2D eigenvalue weighted by Crippen LogP contribution is 2.25. The van der Waals surface area contributed by atoms with Crippen molar-refractivity contribution in [3.8, 4) is 11.5 Å². The third-order valence-corrected chi connectivity index (χ3v) is 3.83. The molecule has 0 saturated carbocycles. The maximum Gasteiger partial charge on any atom is 0.262 e. The molecule has 0 aliphatic carbocycles. The Kier molecular flexibility index (Phi) is 5.05. The zero-order valence-corrected chi connectivity index (χ0v) is 12.1. The summed E-state index contributed by atoms with van der Waals surface area (Å²) in [7, 11) is 5.70. The van der Waals surface area contributed by atoms with Crippen LogP contribution in [0.5, 0.6) is 11.5 Å². The summed E-state index contributed by atoms with van der Waals surface area (Å²) in [4.78, 5) is 2.39. The van der Waals surface area contributed by atoms with E-state index in [1.54, 1.807) is 7.11 Å². The van der Waals surface area contributed by atoms with Crippen molar-refractivity contribution in [2.45, 2.75) is 25.4 Å². The van der Waals surface area contributed by atoms with E-state index in [2.05, 4.69) is 28.1 Å². The van der Waals surface area contributed by atoms with Gasteiger partial charge >= 0.3 is 0 Å². The molecule has 1 aromatic carbocycles. The van der Waals surface area contributed by atoms with E-state index in [0.29, 0.717) is 6.04 Å². The third-order valence-electron chi connectivity index (χ3n) is 3.83. The number of likely N-dealkylation sites (tertiary alicyclic amines) is 1. The van der Waals surface area contributed by atoms with Crippen LogP contribution in [0, 0.1) is 0 Å². The smallest absolute Gasteiger partial charge is 0.262 e. The van der Waals surface area contributed by atoms with Gasteiger partial charge in [0.1, 0.15) is 5.75 Å². The summed E-state index contributed by atoms with van der Waals surface area (Å²) in [5, 5.41) is 3.64. The Bertz CT molecular complexity index is 401. The molecular weight excluding hydrogens is 240 g/mol. The van der Waals surface area contributed by atoms with Crippen LogP contribution in [0.2, 0.25) is 0 Å². The minimum atomic E-state index is 0.628. The number of hydrogen-bond donors (Lipinski definition) is 1. The Hall–Kier alpha value is -1.26. The molecule has 1 saturated heterocycles. The lowest BCUT2D eigenvalue weighted by molar-refractivity contribution is 0.132. The van der Waals surface area contributed by atoms with Crippen molar-refractivity contribution in [3.63, 3.8) is 0 Å². The predicted molar refractivity (Wildman–Crippen MR) is 77.9 cm³/mol. The second-order valence-corrected chi connectivity index (χ2v) is 5.18. The lowest BCUT2D eigenvalue weighted by atomic mass is 10.0. The first-order valence-electron chi connectivity index (χ1n) is 6.91. The number of piperidine rings is 1. The molecule has 4 heteroatoms. The lowest BCUT2D eigenvalue weighted by Gasteiger charge is -2.29. The first-order chi connectivity index (χ1) is 9.22. The van der Waals surface area contributed by atoms with Crippen LogP contribution in [-0.2, 0) is 6.54 Å². The van der Waals surface area contributed by atoms with Gasteiger partial charge in [0.05, 0.1) is 18.7 Å². The van der Waals surface area contributed by atoms with Gasteiger partial charge in [-0.25, -0.2) is 0 Å².